The molecule has 5 aliphatic rings. The quantitative estimate of drug-likeness (QED) is 0.00678. The lowest BCUT2D eigenvalue weighted by Crippen LogP contribution is -2.47. The normalized spacial score (nSPS) is 19.2. The van der Waals surface area contributed by atoms with Crippen molar-refractivity contribution in [3.63, 3.8) is 0 Å². The molecule has 9 N–H and O–H groups in total. The highest BCUT2D eigenvalue weighted by atomic mass is 16.6. The van der Waals surface area contributed by atoms with E-state index in [9.17, 15) is 38.7 Å². The van der Waals surface area contributed by atoms with E-state index in [0.29, 0.717) is 213 Å². The van der Waals surface area contributed by atoms with Crippen molar-refractivity contribution in [3.05, 3.63) is 137 Å². The Morgan fingerprint density at radius 1 is 0.689 bits per heavy atom. The molecule has 1 aliphatic carbocycles. The predicted molar refractivity (Wildman–Crippen MR) is 496 cm³/mol. The molecule has 132 heavy (non-hydrogen) atoms. The van der Waals surface area contributed by atoms with Crippen molar-refractivity contribution in [2.24, 2.45) is 23.7 Å². The zero-order valence-electron chi connectivity index (χ0n) is 77.3. The van der Waals surface area contributed by atoms with Crippen molar-refractivity contribution in [2.75, 3.05) is 146 Å². The van der Waals surface area contributed by atoms with Gasteiger partial charge < -0.3 is 99.6 Å². The average molecular weight is 1830 g/mol. The average Bonchev–Trinajstić information content (AvgIpc) is 1.60. The lowest BCUT2D eigenvalue weighted by atomic mass is 9.83. The highest BCUT2D eigenvalue weighted by Crippen LogP contribution is 2.36. The molecule has 1 saturated carbocycles. The summed E-state index contributed by atoms with van der Waals surface area (Å²) in [5, 5.41) is 22.5. The number of hydrogen-bond donors (Lipinski definition) is 6. The SMILES string of the molecule is CO[C@@H](CC1CCCC(C(=O)C(=O)N2CCCCC2)O1)/C(C)=C/C=C/C=C/[C@@H](C)C[C@@H](C)C(=O)C[C@H](O)/C(C)=C/[C@@H](C)[C@@H](C[C@@H](CCC1CCC(OC(=O)NCc2cnc(N3CCN(c4ncc(C(=O)NCCOCCOCCOCCOCCC(=O)N5CCc6cc(Cn7nc(-c8ccc9oc(N)nc9c8)c8c(N)ncnc87)ccc6C5)c(N)n4)CC3)nc2)CC1)OC=O)OC. The maximum atomic E-state index is 13.5. The fourth-order valence-corrected chi connectivity index (χ4v) is 17.7. The molecule has 4 amide bonds. The number of methoxy groups -OCH3 is 2. The van der Waals surface area contributed by atoms with Gasteiger partial charge in [0.25, 0.3) is 24.3 Å². The topological polar surface area (TPSA) is 459 Å². The van der Waals surface area contributed by atoms with Gasteiger partial charge in [-0.25, -0.2) is 34.4 Å². The van der Waals surface area contributed by atoms with Crippen LogP contribution in [0.1, 0.15) is 176 Å². The molecular weight excluding hydrogens is 1690 g/mol. The minimum atomic E-state index is -0.961. The Morgan fingerprint density at radius 3 is 2.13 bits per heavy atom. The third-order valence-electron chi connectivity index (χ3n) is 25.4. The highest BCUT2D eigenvalue weighted by Gasteiger charge is 2.37. The first kappa shape index (κ1) is 99.8. The number of nitrogens with one attached hydrogen (secondary N) is 2. The minimum Gasteiger partial charge on any atom is -0.464 e. The summed E-state index contributed by atoms with van der Waals surface area (Å²) < 4.78 is 59.4. The molecule has 9 heterocycles. The predicted octanol–water partition coefficient (Wildman–Crippen LogP) is 10.2. The van der Waals surface area contributed by atoms with Gasteiger partial charge in [-0.1, -0.05) is 75.4 Å². The molecule has 7 aromatic rings. The maximum absolute atomic E-state index is 13.5. The van der Waals surface area contributed by atoms with Crippen LogP contribution in [0.15, 0.2) is 113 Å². The summed E-state index contributed by atoms with van der Waals surface area (Å²) in [6.45, 7) is 18.4. The molecule has 4 aliphatic heterocycles. The summed E-state index contributed by atoms with van der Waals surface area (Å²) in [7, 11) is 3.29. The van der Waals surface area contributed by atoms with Gasteiger partial charge in [0.2, 0.25) is 23.6 Å². The molecule has 0 radical (unpaired) electrons. The van der Waals surface area contributed by atoms with E-state index in [1.807, 2.05) is 89.6 Å². The number of piperidine rings is 1. The number of alkyl carbamates (subject to hydrolysis) is 1. The lowest BCUT2D eigenvalue weighted by molar-refractivity contribution is -0.157. The van der Waals surface area contributed by atoms with Crippen LogP contribution in [0.4, 0.5) is 34.3 Å². The molecule has 0 spiro atoms. The molecule has 12 rings (SSSR count). The molecule has 2 aromatic carbocycles. The van der Waals surface area contributed by atoms with Gasteiger partial charge in [0.05, 0.1) is 101 Å². The van der Waals surface area contributed by atoms with Crippen LogP contribution in [-0.4, -0.2) is 264 Å². The molecule has 714 valence electrons. The number of aliphatic hydroxyl groups is 1. The van der Waals surface area contributed by atoms with E-state index >= 15 is 0 Å². The Labute approximate surface area is 771 Å². The van der Waals surface area contributed by atoms with Crippen molar-refractivity contribution in [1.82, 2.24) is 65.1 Å². The Bertz CT molecular complexity index is 5080. The lowest BCUT2D eigenvalue weighted by Gasteiger charge is -2.34. The number of aliphatic hydroxyl groups excluding tert-OH is 1. The number of aromatic nitrogens is 9. The summed E-state index contributed by atoms with van der Waals surface area (Å²) >= 11 is 0. The van der Waals surface area contributed by atoms with Crippen LogP contribution >= 0.6 is 0 Å². The van der Waals surface area contributed by atoms with Gasteiger partial charge in [0, 0.05) is 140 Å². The van der Waals surface area contributed by atoms with Crippen LogP contribution in [0.2, 0.25) is 0 Å². The minimum absolute atomic E-state index is 0.00845. The number of rotatable bonds is 49. The van der Waals surface area contributed by atoms with E-state index < -0.39 is 42.0 Å². The number of carbonyl (C=O) groups excluding carboxylic acids is 7. The first-order valence-corrected chi connectivity index (χ1v) is 46.5. The van der Waals surface area contributed by atoms with Gasteiger partial charge in [0.1, 0.15) is 53.3 Å². The van der Waals surface area contributed by atoms with Gasteiger partial charge in [-0.05, 0) is 162 Å². The fourth-order valence-electron chi connectivity index (χ4n) is 17.7. The Kier molecular flexibility index (Phi) is 38.2. The van der Waals surface area contributed by atoms with Crippen molar-refractivity contribution in [2.45, 2.75) is 213 Å². The summed E-state index contributed by atoms with van der Waals surface area (Å²) in [6, 6.07) is 11.9. The number of anilines is 5. The van der Waals surface area contributed by atoms with E-state index in [2.05, 4.69) is 76.7 Å². The summed E-state index contributed by atoms with van der Waals surface area (Å²) in [5.74, 6) is 0.0909. The number of Topliss-reactive ketones (excluding diaryl/α,β-unsaturated/α-hetero) is 2. The van der Waals surface area contributed by atoms with Crippen LogP contribution in [0.3, 0.4) is 0 Å². The van der Waals surface area contributed by atoms with E-state index in [-0.39, 0.29) is 110 Å². The van der Waals surface area contributed by atoms with Crippen molar-refractivity contribution >= 4 is 93.5 Å². The number of hydrogen-bond acceptors (Lipinski definition) is 31. The van der Waals surface area contributed by atoms with Crippen molar-refractivity contribution in [1.29, 1.82) is 0 Å². The van der Waals surface area contributed by atoms with Crippen molar-refractivity contribution in [3.8, 4) is 11.3 Å². The highest BCUT2D eigenvalue weighted by molar-refractivity contribution is 6.37. The number of oxazole rings is 1. The molecule has 36 nitrogen and oxygen atoms in total. The number of nitrogens with zero attached hydrogens (tertiary/aromatic N) is 13. The molecule has 4 fully saturated rings. The standard InChI is InChI=1S/C96H132N18O18/c1-62(15-10-8-11-16-63(2)82(123-6)52-75-17-14-18-81(130-75)87(119)92(121)110-32-12-9-13-33-110)47-64(3)78(116)53-79(117)65(4)48-66(5)83(124-7)51-74(129-61-115)27-22-67-20-25-73(26-21-67)131-96(122)104-56-69-54-101-94(102-55-69)111-35-37-112(38-36-111)95-103-57-76(88(97)108-95)91(120)100-31-40-126-42-44-128-46-45-127-43-41-125-39-30-84(118)113-34-29-70-49-68(19-23-72(70)59-113)58-114-90-85(89(98)105-60-106-90)86(109-114)71-24-28-80-77(50-71)107-93(99)132-80/h8,10-11,15-16,19,23-24,28,48-50,54-55,57,60-62,64,66-67,73-75,79,81-83,117H,9,12-14,17-18,20-22,25-27,29-47,51-53,56,58-59H2,1-7H3,(H2,99,107)(H,100,120)(H,104,122)(H2,97,103,108)(H2,98,105,106)/b11-8+,15-10+,63-16+,65-48+/t62-,64-,66-,67?,73?,74-,75?,79+,81?,82+,83-/m1/s1. The second-order valence-electron chi connectivity index (χ2n) is 35.1. The van der Waals surface area contributed by atoms with E-state index in [1.54, 1.807) is 37.6 Å². The van der Waals surface area contributed by atoms with E-state index in [4.69, 9.17) is 69.3 Å². The van der Waals surface area contributed by atoms with Gasteiger partial charge in [0.15, 0.2) is 11.2 Å². The molecule has 9 atom stereocenters. The monoisotopic (exact) mass is 1820 g/mol. The zero-order valence-corrected chi connectivity index (χ0v) is 77.3. The zero-order chi connectivity index (χ0) is 93.4. The number of ether oxygens (including phenoxy) is 9. The number of ketones is 2. The fraction of sp³-hybridized carbons (Fsp3) is 0.573. The number of nitrogens with two attached hydrogens (primary N) is 3. The number of nitrogen functional groups attached to an aromatic ring is 3. The molecule has 3 saturated heterocycles. The molecule has 5 aromatic heterocycles. The second kappa shape index (κ2) is 50.6. The van der Waals surface area contributed by atoms with Crippen LogP contribution in [0.25, 0.3) is 33.4 Å². The summed E-state index contributed by atoms with van der Waals surface area (Å²) in [6.07, 6.45) is 26.9. The smallest absolute Gasteiger partial charge is 0.407 e. The first-order valence-electron chi connectivity index (χ1n) is 46.5. The summed E-state index contributed by atoms with van der Waals surface area (Å²) in [5.41, 5.74) is 27.5. The number of carbonyl (C=O) groups is 7. The van der Waals surface area contributed by atoms with Gasteiger partial charge in [-0.15, -0.1) is 0 Å². The Balaban J connectivity index is 0.452. The first-order chi connectivity index (χ1) is 64.0. The number of fused-ring (bicyclic) bond motifs is 3. The number of benzene rings is 2. The van der Waals surface area contributed by atoms with Gasteiger partial charge in [-0.3, -0.25) is 28.8 Å². The van der Waals surface area contributed by atoms with Gasteiger partial charge >= 0.3 is 6.09 Å². The number of piperazine rings is 1. The Morgan fingerprint density at radius 2 is 1.41 bits per heavy atom. The second-order valence-corrected chi connectivity index (χ2v) is 35.1. The molecule has 0 bridgehead atoms. The number of amides is 4. The molecule has 2 unspecified atom stereocenters. The number of allylic oxidation sites excluding steroid dienone is 5. The molecule has 36 heteroatoms. The van der Waals surface area contributed by atoms with E-state index in [1.165, 1.54) is 18.1 Å². The molecular formula is C96H132N18O18. The van der Waals surface area contributed by atoms with Crippen LogP contribution in [0.5, 0.6) is 0 Å². The van der Waals surface area contributed by atoms with Gasteiger partial charge in [-0.2, -0.15) is 15.1 Å². The number of likely N-dealkylation sites (tertiary alicyclic amines) is 1. The summed E-state index contributed by atoms with van der Waals surface area (Å²) in [4.78, 5) is 129. The Hall–Kier alpha value is -11.3. The van der Waals surface area contributed by atoms with E-state index in [0.717, 1.165) is 80.1 Å². The largest absolute Gasteiger partial charge is 0.464 e. The third-order valence-corrected chi connectivity index (χ3v) is 25.4. The van der Waals surface area contributed by atoms with Crippen LogP contribution in [-0.2, 0) is 92.7 Å². The maximum Gasteiger partial charge on any atom is 0.407 e. The van der Waals surface area contributed by atoms with Crippen molar-refractivity contribution < 1.29 is 85.7 Å². The van der Waals surface area contributed by atoms with Crippen LogP contribution < -0.4 is 37.6 Å². The third kappa shape index (κ3) is 29.1. The van der Waals surface area contributed by atoms with Crippen LogP contribution in [0, 0.1) is 23.7 Å².